The zero-order valence-corrected chi connectivity index (χ0v) is 5.14. The van der Waals surface area contributed by atoms with E-state index in [9.17, 15) is 0 Å². The normalized spacial score (nSPS) is 56.8. The molecule has 0 aromatic carbocycles. The van der Waals surface area contributed by atoms with Crippen LogP contribution in [0.25, 0.3) is 0 Å². The van der Waals surface area contributed by atoms with Gasteiger partial charge in [0.15, 0.2) is 6.29 Å². The van der Waals surface area contributed by atoms with Crippen LogP contribution in [0.5, 0.6) is 0 Å². The second-order valence-electron chi connectivity index (χ2n) is 2.07. The second kappa shape index (κ2) is 2.81. The van der Waals surface area contributed by atoms with Crippen molar-refractivity contribution < 1.29 is 26.5 Å². The Balaban J connectivity index is 2.73. The highest BCUT2D eigenvalue weighted by atomic mass is 16.6. The van der Waals surface area contributed by atoms with Crippen molar-refractivity contribution in [3.8, 4) is 0 Å². The number of aliphatic hydroxyl groups is 4. The minimum atomic E-state index is -2.00. The maximum absolute atomic E-state index is 9.00. The molecule has 0 spiro atoms. The molecular formula is C5H10O5. The Morgan fingerprint density at radius 2 is 1.90 bits per heavy atom. The Kier molecular flexibility index (Phi) is 1.83. The van der Waals surface area contributed by atoms with E-state index in [4.69, 9.17) is 21.8 Å². The summed E-state index contributed by atoms with van der Waals surface area (Å²) in [6.45, 7) is -0.776. The molecule has 10 heavy (non-hydrogen) atoms. The van der Waals surface area contributed by atoms with Gasteiger partial charge in [-0.05, 0) is 0 Å². The molecule has 4 atom stereocenters. The fourth-order valence-corrected chi connectivity index (χ4v) is 0.772. The van der Waals surface area contributed by atoms with E-state index in [2.05, 4.69) is 4.74 Å². The van der Waals surface area contributed by atoms with E-state index in [1.54, 1.807) is 0 Å². The lowest BCUT2D eigenvalue weighted by Gasteiger charge is -2.09. The minimum Gasteiger partial charge on any atom is -0.394 e. The molecule has 4 N–H and O–H groups in total. The van der Waals surface area contributed by atoms with Crippen molar-refractivity contribution in [2.75, 3.05) is 6.61 Å². The number of ether oxygens (including phenoxy) is 1. The van der Waals surface area contributed by atoms with Gasteiger partial charge in [-0.3, -0.25) is 0 Å². The van der Waals surface area contributed by atoms with Crippen molar-refractivity contribution in [2.24, 2.45) is 0 Å². The molecule has 1 fully saturated rings. The zero-order chi connectivity index (χ0) is 8.65. The van der Waals surface area contributed by atoms with Crippen LogP contribution in [0, 0.1) is 0 Å². The number of hydrogen-bond acceptors (Lipinski definition) is 5. The quantitative estimate of drug-likeness (QED) is 0.330. The van der Waals surface area contributed by atoms with Gasteiger partial charge in [-0.25, -0.2) is 0 Å². The fourth-order valence-electron chi connectivity index (χ4n) is 0.772. The van der Waals surface area contributed by atoms with E-state index in [0.717, 1.165) is 0 Å². The Morgan fingerprint density at radius 3 is 2.10 bits per heavy atom. The first-order valence-electron chi connectivity index (χ1n) is 3.34. The van der Waals surface area contributed by atoms with Crippen LogP contribution in [-0.4, -0.2) is 51.6 Å². The molecule has 0 radical (unpaired) electrons. The smallest absolute Gasteiger partial charge is 0.184 e. The van der Waals surface area contributed by atoms with E-state index >= 15 is 0 Å². The van der Waals surface area contributed by atoms with Crippen LogP contribution in [0.2, 0.25) is 0 Å². The maximum Gasteiger partial charge on any atom is 0.184 e. The van der Waals surface area contributed by atoms with Crippen LogP contribution in [0.4, 0.5) is 0 Å². The predicted molar refractivity (Wildman–Crippen MR) is 30.0 cm³/mol. The zero-order valence-electron chi connectivity index (χ0n) is 6.14. The summed E-state index contributed by atoms with van der Waals surface area (Å²) in [5, 5.41) is 35.2. The van der Waals surface area contributed by atoms with Crippen LogP contribution < -0.4 is 0 Å². The van der Waals surface area contributed by atoms with Crippen LogP contribution in [0.15, 0.2) is 0 Å². The molecule has 0 aliphatic carbocycles. The van der Waals surface area contributed by atoms with Gasteiger partial charge >= 0.3 is 0 Å². The van der Waals surface area contributed by atoms with E-state index in [1.807, 2.05) is 0 Å². The Morgan fingerprint density at radius 1 is 1.30 bits per heavy atom. The number of aliphatic hydroxyl groups excluding tert-OH is 4. The summed E-state index contributed by atoms with van der Waals surface area (Å²) in [6, 6.07) is 0. The molecule has 0 bridgehead atoms. The Hall–Kier alpha value is -0.200. The monoisotopic (exact) mass is 151 g/mol. The average Bonchev–Trinajstić information content (AvgIpc) is 2.17. The highest BCUT2D eigenvalue weighted by Crippen LogP contribution is 2.18. The van der Waals surface area contributed by atoms with Gasteiger partial charge in [-0.2, -0.15) is 0 Å². The third-order valence-electron chi connectivity index (χ3n) is 1.37. The lowest BCUT2D eigenvalue weighted by atomic mass is 10.1. The molecule has 0 aromatic rings. The summed E-state index contributed by atoms with van der Waals surface area (Å²) in [6.07, 6.45) is -6.71. The van der Waals surface area contributed by atoms with Crippen molar-refractivity contribution in [1.29, 1.82) is 0 Å². The van der Waals surface area contributed by atoms with Crippen molar-refractivity contribution >= 4 is 0 Å². The van der Waals surface area contributed by atoms with Gasteiger partial charge in [0, 0.05) is 0 Å². The van der Waals surface area contributed by atoms with E-state index < -0.39 is 31.2 Å². The Bertz CT molecular complexity index is 154. The van der Waals surface area contributed by atoms with Crippen molar-refractivity contribution in [3.05, 3.63) is 0 Å². The SMILES string of the molecule is [2H][C@]1(CO)O[C@@H](O)C(O)[C@H]1O. The molecule has 1 rings (SSSR count). The van der Waals surface area contributed by atoms with Gasteiger partial charge in [0.2, 0.25) is 0 Å². The van der Waals surface area contributed by atoms with E-state index in [0.29, 0.717) is 0 Å². The van der Waals surface area contributed by atoms with Gasteiger partial charge < -0.3 is 25.2 Å². The lowest BCUT2D eigenvalue weighted by molar-refractivity contribution is -0.132. The average molecular weight is 151 g/mol. The lowest BCUT2D eigenvalue weighted by Crippen LogP contribution is -2.33. The Labute approximate surface area is 58.9 Å². The van der Waals surface area contributed by atoms with Gasteiger partial charge in [0.05, 0.1) is 7.98 Å². The first kappa shape index (κ1) is 6.51. The molecule has 0 aromatic heterocycles. The van der Waals surface area contributed by atoms with Crippen molar-refractivity contribution in [1.82, 2.24) is 0 Å². The summed E-state index contributed by atoms with van der Waals surface area (Å²) >= 11 is 0. The molecule has 0 saturated carbocycles. The molecule has 1 unspecified atom stereocenters. The largest absolute Gasteiger partial charge is 0.394 e. The first-order valence-corrected chi connectivity index (χ1v) is 2.84. The maximum atomic E-state index is 9.00. The van der Waals surface area contributed by atoms with Gasteiger partial charge in [-0.1, -0.05) is 0 Å². The molecule has 1 saturated heterocycles. The molecule has 60 valence electrons. The molecule has 1 heterocycles. The summed E-state index contributed by atoms with van der Waals surface area (Å²) < 4.78 is 11.5. The van der Waals surface area contributed by atoms with Crippen LogP contribution >= 0.6 is 0 Å². The first-order chi connectivity index (χ1) is 5.01. The van der Waals surface area contributed by atoms with Gasteiger partial charge in [0.1, 0.15) is 18.3 Å². The molecule has 1 aliphatic heterocycles. The van der Waals surface area contributed by atoms with Crippen molar-refractivity contribution in [2.45, 2.75) is 24.6 Å². The summed E-state index contributed by atoms with van der Waals surface area (Å²) in [5.41, 5.74) is 0. The van der Waals surface area contributed by atoms with Crippen LogP contribution in [0.3, 0.4) is 0 Å². The third-order valence-corrected chi connectivity index (χ3v) is 1.37. The van der Waals surface area contributed by atoms with Crippen LogP contribution in [0.1, 0.15) is 1.37 Å². The molecule has 1 aliphatic rings. The van der Waals surface area contributed by atoms with E-state index in [1.165, 1.54) is 0 Å². The summed E-state index contributed by atoms with van der Waals surface area (Å²) in [7, 11) is 0. The highest BCUT2D eigenvalue weighted by Gasteiger charge is 2.41. The topological polar surface area (TPSA) is 90.2 Å². The minimum absolute atomic E-state index is 0.776. The third kappa shape index (κ3) is 1.14. The molecule has 0 amide bonds. The standard InChI is InChI=1S/C5H10O5/c6-1-2-3(7)4(8)5(9)10-2/h2-9H,1H2/t2-,3+,4?,5-/m1/s1/i2D. The molecule has 5 heteroatoms. The number of hydrogen-bond donors (Lipinski definition) is 4. The van der Waals surface area contributed by atoms with Gasteiger partial charge in [0.25, 0.3) is 0 Å². The predicted octanol–water partition coefficient (Wildman–Crippen LogP) is -2.58. The summed E-state index contributed by atoms with van der Waals surface area (Å²) in [4.78, 5) is 0. The van der Waals surface area contributed by atoms with Gasteiger partial charge in [-0.15, -0.1) is 0 Å². The highest BCUT2D eigenvalue weighted by molar-refractivity contribution is 4.84. The molecular weight excluding hydrogens is 140 g/mol. The number of rotatable bonds is 1. The van der Waals surface area contributed by atoms with E-state index in [-0.39, 0.29) is 0 Å². The molecule has 5 nitrogen and oxygen atoms in total. The van der Waals surface area contributed by atoms with Crippen molar-refractivity contribution in [3.63, 3.8) is 0 Å². The summed E-state index contributed by atoms with van der Waals surface area (Å²) in [5.74, 6) is 0. The van der Waals surface area contributed by atoms with Crippen LogP contribution in [-0.2, 0) is 4.74 Å². The second-order valence-corrected chi connectivity index (χ2v) is 2.07. The fraction of sp³-hybridized carbons (Fsp3) is 1.00.